The first-order valence-corrected chi connectivity index (χ1v) is 11.0. The Kier molecular flexibility index (Phi) is 4.84. The third-order valence-electron chi connectivity index (χ3n) is 4.04. The number of thiol groups is 1. The van der Waals surface area contributed by atoms with Crippen LogP contribution in [0.1, 0.15) is 13.8 Å². The van der Waals surface area contributed by atoms with Gasteiger partial charge in [-0.3, -0.25) is 9.69 Å². The van der Waals surface area contributed by atoms with Crippen molar-refractivity contribution >= 4 is 43.9 Å². The van der Waals surface area contributed by atoms with Gasteiger partial charge in [-0.15, -0.1) is 0 Å². The first-order valence-electron chi connectivity index (χ1n) is 7.99. The van der Waals surface area contributed by atoms with Crippen LogP contribution in [0.25, 0.3) is 0 Å². The Bertz CT molecular complexity index is 1120. The van der Waals surface area contributed by atoms with E-state index < -0.39 is 38.2 Å². The number of fused-ring (bicyclic) bond motifs is 1. The van der Waals surface area contributed by atoms with E-state index in [1.54, 1.807) is 0 Å². The molecule has 150 valence electrons. The van der Waals surface area contributed by atoms with E-state index >= 15 is 0 Å². The van der Waals surface area contributed by atoms with Crippen LogP contribution in [0.15, 0.2) is 42.5 Å². The summed E-state index contributed by atoms with van der Waals surface area (Å²) in [6.45, 7) is 3.04. The number of anilines is 3. The van der Waals surface area contributed by atoms with Crippen molar-refractivity contribution in [2.24, 2.45) is 0 Å². The Balaban J connectivity index is 2.19. The summed E-state index contributed by atoms with van der Waals surface area (Å²) in [7, 11) is -7.56. The SMILES string of the molecule is CC1(C)Oc2cc(N([SH](=O)=O)S(C)(=O)=O)ccc2N(c2ccc(F)cc2)C1=O. The van der Waals surface area contributed by atoms with E-state index in [0.29, 0.717) is 5.69 Å². The molecule has 8 nitrogen and oxygen atoms in total. The molecule has 0 atom stereocenters. The molecule has 0 fully saturated rings. The largest absolute Gasteiger partial charge is 0.476 e. The van der Waals surface area contributed by atoms with Gasteiger partial charge < -0.3 is 4.74 Å². The molecule has 0 unspecified atom stereocenters. The highest BCUT2D eigenvalue weighted by atomic mass is 32.3. The molecule has 1 heterocycles. The molecular weight excluding hydrogens is 411 g/mol. The smallest absolute Gasteiger partial charge is 0.275 e. The second kappa shape index (κ2) is 6.74. The van der Waals surface area contributed by atoms with Crippen molar-refractivity contribution in [2.75, 3.05) is 14.9 Å². The third-order valence-corrected chi connectivity index (χ3v) is 6.69. The second-order valence-corrected chi connectivity index (χ2v) is 9.60. The summed E-state index contributed by atoms with van der Waals surface area (Å²) in [6, 6.07) is 9.09. The normalized spacial score (nSPS) is 15.9. The first-order chi connectivity index (χ1) is 12.9. The van der Waals surface area contributed by atoms with Gasteiger partial charge in [0.05, 0.1) is 17.6 Å². The average molecular weight is 428 g/mol. The number of carbonyl (C=O) groups is 1. The molecule has 0 aromatic heterocycles. The highest BCUT2D eigenvalue weighted by Crippen LogP contribution is 2.44. The zero-order chi connectivity index (χ0) is 20.9. The van der Waals surface area contributed by atoms with Gasteiger partial charge in [-0.1, -0.05) is 0 Å². The predicted molar refractivity (Wildman–Crippen MR) is 102 cm³/mol. The van der Waals surface area contributed by atoms with Gasteiger partial charge in [-0.05, 0) is 50.2 Å². The van der Waals surface area contributed by atoms with Gasteiger partial charge in [-0.2, -0.15) is 3.71 Å². The lowest BCUT2D eigenvalue weighted by atomic mass is 10.0. The number of ether oxygens (including phenoxy) is 1. The predicted octanol–water partition coefficient (Wildman–Crippen LogP) is 1.95. The zero-order valence-electron chi connectivity index (χ0n) is 15.1. The quantitative estimate of drug-likeness (QED) is 0.747. The maximum Gasteiger partial charge on any atom is 0.275 e. The van der Waals surface area contributed by atoms with Gasteiger partial charge in [0, 0.05) is 11.8 Å². The fraction of sp³-hybridized carbons (Fsp3) is 0.235. The minimum Gasteiger partial charge on any atom is -0.476 e. The van der Waals surface area contributed by atoms with Crippen molar-refractivity contribution in [1.29, 1.82) is 0 Å². The highest BCUT2D eigenvalue weighted by molar-refractivity contribution is 8.03. The molecule has 0 spiro atoms. The minimum atomic E-state index is -4.09. The van der Waals surface area contributed by atoms with Crippen LogP contribution in [0.5, 0.6) is 5.75 Å². The van der Waals surface area contributed by atoms with Gasteiger partial charge in [0.15, 0.2) is 5.60 Å². The van der Waals surface area contributed by atoms with Gasteiger partial charge in [0.2, 0.25) is 20.9 Å². The fourth-order valence-corrected chi connectivity index (χ4v) is 4.62. The lowest BCUT2D eigenvalue weighted by Crippen LogP contribution is -2.50. The van der Waals surface area contributed by atoms with E-state index in [1.807, 2.05) is 0 Å². The van der Waals surface area contributed by atoms with Crippen molar-refractivity contribution in [3.63, 3.8) is 0 Å². The van der Waals surface area contributed by atoms with E-state index in [9.17, 15) is 26.0 Å². The number of amides is 1. The summed E-state index contributed by atoms with van der Waals surface area (Å²) in [4.78, 5) is 14.2. The maximum atomic E-state index is 13.3. The molecule has 0 radical (unpaired) electrons. The monoisotopic (exact) mass is 428 g/mol. The van der Waals surface area contributed by atoms with Crippen LogP contribution in [0, 0.1) is 5.82 Å². The number of benzene rings is 2. The van der Waals surface area contributed by atoms with Crippen molar-refractivity contribution in [3.8, 4) is 5.75 Å². The van der Waals surface area contributed by atoms with Crippen molar-refractivity contribution in [1.82, 2.24) is 0 Å². The second-order valence-electron chi connectivity index (χ2n) is 6.63. The van der Waals surface area contributed by atoms with Gasteiger partial charge in [-0.25, -0.2) is 21.2 Å². The topological polar surface area (TPSA) is 101 Å². The Morgan fingerprint density at radius 2 is 1.71 bits per heavy atom. The zero-order valence-corrected chi connectivity index (χ0v) is 16.8. The Morgan fingerprint density at radius 1 is 1.11 bits per heavy atom. The van der Waals surface area contributed by atoms with Crippen LogP contribution in [0.4, 0.5) is 21.5 Å². The third kappa shape index (κ3) is 3.54. The Hall–Kier alpha value is -2.66. The molecule has 0 saturated carbocycles. The molecule has 0 aliphatic carbocycles. The lowest BCUT2D eigenvalue weighted by Gasteiger charge is -2.39. The van der Waals surface area contributed by atoms with Crippen molar-refractivity contribution in [3.05, 3.63) is 48.3 Å². The standard InChI is InChI=1S/C17H17FN2O6S2/c1-17(2)16(21)19(12-6-4-11(18)5-7-12)14-9-8-13(10-15(14)26-17)20(27(22)23)28(3,24)25/h4-10,27H,1-3H3. The van der Waals surface area contributed by atoms with E-state index in [-0.39, 0.29) is 20.8 Å². The van der Waals surface area contributed by atoms with E-state index in [2.05, 4.69) is 0 Å². The molecule has 0 saturated heterocycles. The highest BCUT2D eigenvalue weighted by Gasteiger charge is 2.42. The molecule has 2 aromatic rings. The average Bonchev–Trinajstić information content (AvgIpc) is 2.55. The summed E-state index contributed by atoms with van der Waals surface area (Å²) in [5, 5.41) is 0. The maximum absolute atomic E-state index is 13.3. The Morgan fingerprint density at radius 3 is 2.25 bits per heavy atom. The number of hydrogen-bond donors (Lipinski definition) is 1. The summed E-state index contributed by atoms with van der Waals surface area (Å²) < 4.78 is 65.8. The molecule has 1 aliphatic heterocycles. The molecule has 28 heavy (non-hydrogen) atoms. The van der Waals surface area contributed by atoms with Crippen LogP contribution >= 0.6 is 0 Å². The summed E-state index contributed by atoms with van der Waals surface area (Å²) in [5.41, 5.74) is -0.822. The number of hydrogen-bond acceptors (Lipinski definition) is 6. The van der Waals surface area contributed by atoms with Crippen LogP contribution in [-0.2, 0) is 25.7 Å². The number of nitrogens with zero attached hydrogens (tertiary/aromatic N) is 2. The van der Waals surface area contributed by atoms with Crippen LogP contribution in [-0.4, -0.2) is 34.6 Å². The van der Waals surface area contributed by atoms with Gasteiger partial charge in [0.25, 0.3) is 5.91 Å². The lowest BCUT2D eigenvalue weighted by molar-refractivity contribution is -0.131. The number of rotatable bonds is 4. The van der Waals surface area contributed by atoms with E-state index in [4.69, 9.17) is 4.74 Å². The molecule has 0 bridgehead atoms. The fourth-order valence-electron chi connectivity index (χ4n) is 2.84. The van der Waals surface area contributed by atoms with Gasteiger partial charge >= 0.3 is 0 Å². The summed E-state index contributed by atoms with van der Waals surface area (Å²) >= 11 is 0. The van der Waals surface area contributed by atoms with Crippen molar-refractivity contribution in [2.45, 2.75) is 19.4 Å². The molecule has 1 amide bonds. The molecular formula is C17H17FN2O6S2. The number of carbonyl (C=O) groups excluding carboxylic acids is 1. The van der Waals surface area contributed by atoms with Crippen LogP contribution in [0.3, 0.4) is 0 Å². The van der Waals surface area contributed by atoms with E-state index in [1.165, 1.54) is 61.2 Å². The summed E-state index contributed by atoms with van der Waals surface area (Å²) in [5.74, 6) is -0.784. The number of halogens is 1. The summed E-state index contributed by atoms with van der Waals surface area (Å²) in [6.07, 6.45) is 0.761. The molecule has 0 N–H and O–H groups in total. The van der Waals surface area contributed by atoms with E-state index in [0.717, 1.165) is 6.26 Å². The molecule has 2 aromatic carbocycles. The molecule has 11 heteroatoms. The first kappa shape index (κ1) is 20.1. The molecule has 3 rings (SSSR count). The van der Waals surface area contributed by atoms with Crippen LogP contribution in [0.2, 0.25) is 0 Å². The van der Waals surface area contributed by atoms with Gasteiger partial charge in [0.1, 0.15) is 11.6 Å². The number of sulfonamides is 1. The minimum absolute atomic E-state index is 0.108. The van der Waals surface area contributed by atoms with Crippen LogP contribution < -0.4 is 13.3 Å². The van der Waals surface area contributed by atoms with Crippen molar-refractivity contribution < 1.29 is 30.8 Å². The molecule has 1 aliphatic rings. The Labute approximate surface area is 163 Å².